The monoisotopic (exact) mass is 224 g/mol. The van der Waals surface area contributed by atoms with Gasteiger partial charge in [0.25, 0.3) is 0 Å². The van der Waals surface area contributed by atoms with E-state index in [1.165, 1.54) is 6.07 Å². The van der Waals surface area contributed by atoms with Gasteiger partial charge in [-0.2, -0.15) is 0 Å². The second kappa shape index (κ2) is 3.36. The Morgan fingerprint density at radius 3 is 2.80 bits per heavy atom. The third-order valence-electron chi connectivity index (χ3n) is 2.01. The summed E-state index contributed by atoms with van der Waals surface area (Å²) < 4.78 is 0. The molecule has 0 fully saturated rings. The van der Waals surface area contributed by atoms with Crippen LogP contribution in [-0.2, 0) is 0 Å². The number of nitrogens with zero attached hydrogens (tertiary/aromatic N) is 1. The minimum Gasteiger partial charge on any atom is -0.316 e. The van der Waals surface area contributed by atoms with Crippen LogP contribution in [0, 0.1) is 10.1 Å². The molecule has 1 aromatic carbocycles. The summed E-state index contributed by atoms with van der Waals surface area (Å²) in [6.07, 6.45) is 0. The molecule has 0 unspecified atom stereocenters. The fourth-order valence-corrected chi connectivity index (χ4v) is 1.55. The highest BCUT2D eigenvalue weighted by Gasteiger charge is 2.13. The molecule has 1 aromatic heterocycles. The van der Waals surface area contributed by atoms with Crippen molar-refractivity contribution in [2.24, 2.45) is 0 Å². The lowest BCUT2D eigenvalue weighted by Crippen LogP contribution is -2.10. The van der Waals surface area contributed by atoms with E-state index in [0.717, 1.165) is 0 Å². The average molecular weight is 225 g/mol. The zero-order valence-electron chi connectivity index (χ0n) is 7.36. The molecule has 0 saturated heterocycles. The molecular weight excluding hydrogens is 220 g/mol. The topological polar surface area (TPSA) is 76.0 Å². The van der Waals surface area contributed by atoms with Crippen molar-refractivity contribution >= 4 is 28.2 Å². The van der Waals surface area contributed by atoms with Crippen molar-refractivity contribution in [1.82, 2.24) is 4.98 Å². The Hall–Kier alpha value is -1.88. The first-order valence-corrected chi connectivity index (χ1v) is 4.43. The van der Waals surface area contributed by atoms with E-state index in [0.29, 0.717) is 15.9 Å². The summed E-state index contributed by atoms with van der Waals surface area (Å²) in [6.45, 7) is 0. The van der Waals surface area contributed by atoms with Gasteiger partial charge in [-0.05, 0) is 12.1 Å². The van der Waals surface area contributed by atoms with Gasteiger partial charge < -0.3 is 4.98 Å². The van der Waals surface area contributed by atoms with Crippen LogP contribution in [0.15, 0.2) is 29.1 Å². The lowest BCUT2D eigenvalue weighted by Gasteiger charge is -1.99. The minimum atomic E-state index is -0.735. The maximum absolute atomic E-state index is 11.2. The first-order valence-electron chi connectivity index (χ1n) is 4.05. The molecule has 0 atom stereocenters. The van der Waals surface area contributed by atoms with Gasteiger partial charge in [-0.1, -0.05) is 17.7 Å². The van der Waals surface area contributed by atoms with Crippen LogP contribution in [0.1, 0.15) is 0 Å². The van der Waals surface area contributed by atoms with Crippen molar-refractivity contribution in [1.29, 1.82) is 0 Å². The number of aromatic amines is 1. The number of halogens is 1. The van der Waals surface area contributed by atoms with Crippen LogP contribution in [0.3, 0.4) is 0 Å². The molecule has 0 amide bonds. The summed E-state index contributed by atoms with van der Waals surface area (Å²) in [4.78, 5) is 23.4. The molecule has 0 spiro atoms. The van der Waals surface area contributed by atoms with Crippen LogP contribution in [0.25, 0.3) is 10.9 Å². The number of pyridine rings is 1. The number of rotatable bonds is 1. The van der Waals surface area contributed by atoms with Gasteiger partial charge in [0.15, 0.2) is 0 Å². The smallest absolute Gasteiger partial charge is 0.316 e. The SMILES string of the molecule is O=c1[nH]c2cccc(Cl)c2cc1[N+](=O)[O-]. The molecule has 2 rings (SSSR count). The highest BCUT2D eigenvalue weighted by molar-refractivity contribution is 6.35. The van der Waals surface area contributed by atoms with E-state index in [2.05, 4.69) is 4.98 Å². The standard InChI is InChI=1S/C9H5ClN2O3/c10-6-2-1-3-7-5(6)4-8(12(14)15)9(13)11-7/h1-4H,(H,11,13). The van der Waals surface area contributed by atoms with Crippen molar-refractivity contribution in [2.45, 2.75) is 0 Å². The van der Waals surface area contributed by atoms with Crippen molar-refractivity contribution < 1.29 is 4.92 Å². The minimum absolute atomic E-state index is 0.367. The molecule has 76 valence electrons. The van der Waals surface area contributed by atoms with E-state index in [-0.39, 0.29) is 0 Å². The van der Waals surface area contributed by atoms with Crippen LogP contribution in [-0.4, -0.2) is 9.91 Å². The number of fused-ring (bicyclic) bond motifs is 1. The third-order valence-corrected chi connectivity index (χ3v) is 2.34. The first-order chi connectivity index (χ1) is 7.09. The van der Waals surface area contributed by atoms with Crippen molar-refractivity contribution in [2.75, 3.05) is 0 Å². The highest BCUT2D eigenvalue weighted by atomic mass is 35.5. The lowest BCUT2D eigenvalue weighted by molar-refractivity contribution is -0.386. The molecule has 2 aromatic rings. The van der Waals surface area contributed by atoms with Gasteiger partial charge >= 0.3 is 11.2 Å². The number of benzene rings is 1. The van der Waals surface area contributed by atoms with Crippen molar-refractivity contribution in [3.8, 4) is 0 Å². The maximum Gasteiger partial charge on any atom is 0.334 e. The average Bonchev–Trinajstić information content (AvgIpc) is 2.16. The summed E-state index contributed by atoms with van der Waals surface area (Å²) >= 11 is 5.84. The van der Waals surface area contributed by atoms with E-state index in [1.54, 1.807) is 18.2 Å². The Labute approximate surface area is 88.5 Å². The second-order valence-electron chi connectivity index (χ2n) is 2.94. The molecule has 0 aliphatic heterocycles. The molecule has 1 N–H and O–H groups in total. The van der Waals surface area contributed by atoms with Crippen LogP contribution in [0.2, 0.25) is 5.02 Å². The molecule has 1 heterocycles. The molecule has 0 radical (unpaired) electrons. The van der Waals surface area contributed by atoms with Crippen LogP contribution < -0.4 is 5.56 Å². The molecular formula is C9H5ClN2O3. The Morgan fingerprint density at radius 1 is 1.40 bits per heavy atom. The van der Waals surface area contributed by atoms with Gasteiger partial charge in [0.1, 0.15) is 0 Å². The van der Waals surface area contributed by atoms with Gasteiger partial charge in [0.2, 0.25) is 0 Å². The number of hydrogen-bond donors (Lipinski definition) is 1. The Bertz CT molecular complexity index is 606. The van der Waals surface area contributed by atoms with Gasteiger partial charge in [-0.3, -0.25) is 14.9 Å². The fourth-order valence-electron chi connectivity index (χ4n) is 1.32. The summed E-state index contributed by atoms with van der Waals surface area (Å²) in [7, 11) is 0. The van der Waals surface area contributed by atoms with Crippen molar-refractivity contribution in [3.63, 3.8) is 0 Å². The predicted molar refractivity (Wildman–Crippen MR) is 56.2 cm³/mol. The van der Waals surface area contributed by atoms with Crippen LogP contribution in [0.5, 0.6) is 0 Å². The fraction of sp³-hybridized carbons (Fsp3) is 0. The zero-order valence-corrected chi connectivity index (χ0v) is 8.12. The molecule has 6 heteroatoms. The van der Waals surface area contributed by atoms with Gasteiger partial charge in [-0.15, -0.1) is 0 Å². The van der Waals surface area contributed by atoms with E-state index in [9.17, 15) is 14.9 Å². The van der Waals surface area contributed by atoms with E-state index < -0.39 is 16.2 Å². The summed E-state index contributed by atoms with van der Waals surface area (Å²) in [5, 5.41) is 11.4. The molecule has 15 heavy (non-hydrogen) atoms. The largest absolute Gasteiger partial charge is 0.334 e. The van der Waals surface area contributed by atoms with E-state index in [1.807, 2.05) is 0 Å². The normalized spacial score (nSPS) is 10.5. The van der Waals surface area contributed by atoms with Gasteiger partial charge in [0, 0.05) is 11.5 Å². The van der Waals surface area contributed by atoms with Gasteiger partial charge in [0.05, 0.1) is 15.5 Å². The molecule has 5 nitrogen and oxygen atoms in total. The summed E-state index contributed by atoms with van der Waals surface area (Å²) in [5.74, 6) is 0. The van der Waals surface area contributed by atoms with Crippen LogP contribution in [0.4, 0.5) is 5.69 Å². The molecule has 0 aliphatic carbocycles. The number of H-pyrrole nitrogens is 1. The first kappa shape index (κ1) is 9.67. The highest BCUT2D eigenvalue weighted by Crippen LogP contribution is 2.22. The number of aromatic nitrogens is 1. The maximum atomic E-state index is 11.2. The number of nitrogens with one attached hydrogen (secondary N) is 1. The molecule has 0 bridgehead atoms. The predicted octanol–water partition coefficient (Wildman–Crippen LogP) is 2.09. The summed E-state index contributed by atoms with van der Waals surface area (Å²) in [5.41, 5.74) is -0.747. The van der Waals surface area contributed by atoms with E-state index in [4.69, 9.17) is 11.6 Å². The zero-order chi connectivity index (χ0) is 11.0. The Morgan fingerprint density at radius 2 is 2.13 bits per heavy atom. The second-order valence-corrected chi connectivity index (χ2v) is 3.35. The van der Waals surface area contributed by atoms with Crippen LogP contribution >= 0.6 is 11.6 Å². The third kappa shape index (κ3) is 1.57. The van der Waals surface area contributed by atoms with E-state index >= 15 is 0 Å². The van der Waals surface area contributed by atoms with Gasteiger partial charge in [-0.25, -0.2) is 0 Å². The quantitative estimate of drug-likeness (QED) is 0.595. The summed E-state index contributed by atoms with van der Waals surface area (Å²) in [6, 6.07) is 6.07. The Kier molecular flexibility index (Phi) is 2.17. The molecule has 0 aliphatic rings. The molecule has 0 saturated carbocycles. The Balaban J connectivity index is 2.90. The lowest BCUT2D eigenvalue weighted by atomic mass is 10.2. The number of hydrogen-bond acceptors (Lipinski definition) is 3. The number of nitro groups is 1. The van der Waals surface area contributed by atoms with Crippen molar-refractivity contribution in [3.05, 3.63) is 49.8 Å².